The molecule has 3 aliphatic rings. The second-order valence-corrected chi connectivity index (χ2v) is 10.6. The van der Waals surface area contributed by atoms with Crippen LogP contribution >= 0.6 is 11.6 Å². The molecule has 0 radical (unpaired) electrons. The third-order valence-electron chi connectivity index (χ3n) is 7.58. The zero-order chi connectivity index (χ0) is 23.4. The molecule has 1 N–H and O–H groups in total. The molecule has 0 aromatic heterocycles. The Morgan fingerprint density at radius 3 is 2.64 bits per heavy atom. The summed E-state index contributed by atoms with van der Waals surface area (Å²) in [5, 5.41) is 3.72. The minimum Gasteiger partial charge on any atom is -0.381 e. The lowest BCUT2D eigenvalue weighted by Crippen LogP contribution is -2.54. The first kappa shape index (κ1) is 24.5. The lowest BCUT2D eigenvalue weighted by Gasteiger charge is -2.41. The largest absolute Gasteiger partial charge is 0.381 e. The average molecular weight is 476 g/mol. The maximum absolute atomic E-state index is 12.9. The van der Waals surface area contributed by atoms with Crippen LogP contribution in [0.15, 0.2) is 12.1 Å². The van der Waals surface area contributed by atoms with Crippen LogP contribution in [0, 0.1) is 18.8 Å². The Balaban J connectivity index is 1.35. The van der Waals surface area contributed by atoms with Crippen molar-refractivity contribution in [1.29, 1.82) is 0 Å². The van der Waals surface area contributed by atoms with Crippen LogP contribution in [0.25, 0.3) is 0 Å². The number of amides is 2. The van der Waals surface area contributed by atoms with Crippen molar-refractivity contribution in [2.45, 2.75) is 71.4 Å². The first-order chi connectivity index (χ1) is 15.9. The van der Waals surface area contributed by atoms with Gasteiger partial charge in [-0.25, -0.2) is 0 Å². The van der Waals surface area contributed by atoms with E-state index in [-0.39, 0.29) is 17.9 Å². The molecule has 0 bridgehead atoms. The second kappa shape index (κ2) is 11.2. The summed E-state index contributed by atoms with van der Waals surface area (Å²) >= 11 is 6.44. The molecular formula is C26H38ClN3O3. The first-order valence-corrected chi connectivity index (χ1v) is 13.0. The number of hydrogen-bond acceptors (Lipinski definition) is 4. The van der Waals surface area contributed by atoms with Crippen molar-refractivity contribution in [2.24, 2.45) is 11.8 Å². The molecular weight excluding hydrogens is 438 g/mol. The van der Waals surface area contributed by atoms with E-state index in [2.05, 4.69) is 22.0 Å². The molecule has 6 nitrogen and oxygen atoms in total. The van der Waals surface area contributed by atoms with Crippen LogP contribution in [0.4, 0.5) is 5.69 Å². The fourth-order valence-corrected chi connectivity index (χ4v) is 5.85. The third kappa shape index (κ3) is 6.28. The number of benzene rings is 1. The number of hydrogen-bond donors (Lipinski definition) is 1. The number of carbonyl (C=O) groups excluding carboxylic acids is 2. The number of halogens is 1. The minimum absolute atomic E-state index is 0.0227. The number of carbonyl (C=O) groups is 2. The monoisotopic (exact) mass is 475 g/mol. The molecule has 2 aliphatic heterocycles. The minimum atomic E-state index is 0.0227. The number of piperazine rings is 1. The van der Waals surface area contributed by atoms with E-state index >= 15 is 0 Å². The SMILES string of the molecule is Cc1c(CN2CCN(C(=O)C3CCCC3)C(C)C2)cc(Cl)cc1NC(=O)CC1CCCOC1. The lowest BCUT2D eigenvalue weighted by atomic mass is 9.98. The Kier molecular flexibility index (Phi) is 8.31. The zero-order valence-electron chi connectivity index (χ0n) is 20.1. The smallest absolute Gasteiger partial charge is 0.226 e. The van der Waals surface area contributed by atoms with Crippen molar-refractivity contribution in [2.75, 3.05) is 38.2 Å². The standard InChI is InChI=1S/C26H38ClN3O3/c1-18-15-29(9-10-30(18)26(32)21-7-3-4-8-21)16-22-13-23(27)14-24(19(22)2)28-25(31)12-20-6-5-11-33-17-20/h13-14,18,20-21H,3-12,15-17H2,1-2H3,(H,28,31). The first-order valence-electron chi connectivity index (χ1n) is 12.6. The van der Waals surface area contributed by atoms with E-state index in [0.29, 0.717) is 29.9 Å². The highest BCUT2D eigenvalue weighted by Crippen LogP contribution is 2.30. The number of anilines is 1. The van der Waals surface area contributed by atoms with Gasteiger partial charge < -0.3 is 15.0 Å². The van der Waals surface area contributed by atoms with Gasteiger partial charge in [0.25, 0.3) is 0 Å². The van der Waals surface area contributed by atoms with Crippen LogP contribution < -0.4 is 5.32 Å². The van der Waals surface area contributed by atoms with Gasteiger partial charge in [0.05, 0.1) is 0 Å². The molecule has 2 saturated heterocycles. The van der Waals surface area contributed by atoms with E-state index in [0.717, 1.165) is 75.3 Å². The molecule has 1 saturated carbocycles. The van der Waals surface area contributed by atoms with Crippen LogP contribution in [-0.4, -0.2) is 60.5 Å². The zero-order valence-corrected chi connectivity index (χ0v) is 20.8. The van der Waals surface area contributed by atoms with Gasteiger partial charge in [-0.1, -0.05) is 24.4 Å². The molecule has 2 atom stereocenters. The predicted molar refractivity (Wildman–Crippen MR) is 131 cm³/mol. The van der Waals surface area contributed by atoms with Gasteiger partial charge in [-0.15, -0.1) is 0 Å². The third-order valence-corrected chi connectivity index (χ3v) is 7.79. The van der Waals surface area contributed by atoms with Crippen molar-refractivity contribution in [3.05, 3.63) is 28.3 Å². The summed E-state index contributed by atoms with van der Waals surface area (Å²) in [7, 11) is 0. The van der Waals surface area contributed by atoms with Gasteiger partial charge in [0.2, 0.25) is 11.8 Å². The predicted octanol–water partition coefficient (Wildman–Crippen LogP) is 4.63. The maximum Gasteiger partial charge on any atom is 0.226 e. The van der Waals surface area contributed by atoms with Crippen LogP contribution in [-0.2, 0) is 20.9 Å². The molecule has 33 heavy (non-hydrogen) atoms. The van der Waals surface area contributed by atoms with E-state index in [1.807, 2.05) is 19.1 Å². The maximum atomic E-state index is 12.9. The van der Waals surface area contributed by atoms with Crippen LogP contribution in [0.1, 0.15) is 63.0 Å². The highest BCUT2D eigenvalue weighted by atomic mass is 35.5. The average Bonchev–Trinajstić information content (AvgIpc) is 3.32. The summed E-state index contributed by atoms with van der Waals surface area (Å²) in [6.45, 7) is 8.94. The van der Waals surface area contributed by atoms with Crippen molar-refractivity contribution in [3.8, 4) is 0 Å². The molecule has 1 aromatic carbocycles. The molecule has 1 aromatic rings. The van der Waals surface area contributed by atoms with E-state index < -0.39 is 0 Å². The number of nitrogens with zero attached hydrogens (tertiary/aromatic N) is 2. The quantitative estimate of drug-likeness (QED) is 0.651. The van der Waals surface area contributed by atoms with E-state index in [1.165, 1.54) is 12.8 Å². The van der Waals surface area contributed by atoms with Crippen molar-refractivity contribution < 1.29 is 14.3 Å². The van der Waals surface area contributed by atoms with Crippen LogP contribution in [0.2, 0.25) is 5.02 Å². The van der Waals surface area contributed by atoms with Crippen LogP contribution in [0.3, 0.4) is 0 Å². The Hall–Kier alpha value is -1.63. The summed E-state index contributed by atoms with van der Waals surface area (Å²) < 4.78 is 5.51. The molecule has 2 heterocycles. The van der Waals surface area contributed by atoms with Gasteiger partial charge in [-0.2, -0.15) is 0 Å². The van der Waals surface area contributed by atoms with Crippen molar-refractivity contribution in [3.63, 3.8) is 0 Å². The van der Waals surface area contributed by atoms with Crippen molar-refractivity contribution >= 4 is 29.1 Å². The molecule has 7 heteroatoms. The Morgan fingerprint density at radius 2 is 1.94 bits per heavy atom. The highest BCUT2D eigenvalue weighted by molar-refractivity contribution is 6.31. The summed E-state index contributed by atoms with van der Waals surface area (Å²) in [5.41, 5.74) is 2.98. The van der Waals surface area contributed by atoms with Gasteiger partial charge in [0.1, 0.15) is 0 Å². The van der Waals surface area contributed by atoms with Crippen molar-refractivity contribution in [1.82, 2.24) is 9.80 Å². The lowest BCUT2D eigenvalue weighted by molar-refractivity contribution is -0.140. The van der Waals surface area contributed by atoms with Gasteiger partial charge in [-0.05, 0) is 68.7 Å². The van der Waals surface area contributed by atoms with Gasteiger partial charge in [0.15, 0.2) is 0 Å². The van der Waals surface area contributed by atoms with E-state index in [4.69, 9.17) is 16.3 Å². The number of ether oxygens (including phenoxy) is 1. The van der Waals surface area contributed by atoms with E-state index in [1.54, 1.807) is 0 Å². The molecule has 0 spiro atoms. The fraction of sp³-hybridized carbons (Fsp3) is 0.692. The Labute approximate surface area is 203 Å². The Morgan fingerprint density at radius 1 is 1.15 bits per heavy atom. The normalized spacial score (nSPS) is 24.8. The molecule has 2 unspecified atom stereocenters. The molecule has 2 amide bonds. The Bertz CT molecular complexity index is 849. The topological polar surface area (TPSA) is 61.9 Å². The van der Waals surface area contributed by atoms with Gasteiger partial charge in [0, 0.05) is 68.5 Å². The molecule has 1 aliphatic carbocycles. The fourth-order valence-electron chi connectivity index (χ4n) is 5.61. The highest BCUT2D eigenvalue weighted by Gasteiger charge is 2.33. The summed E-state index contributed by atoms with van der Waals surface area (Å²) in [6, 6.07) is 4.06. The van der Waals surface area contributed by atoms with E-state index in [9.17, 15) is 9.59 Å². The van der Waals surface area contributed by atoms with Crippen LogP contribution in [0.5, 0.6) is 0 Å². The molecule has 4 rings (SSSR count). The van der Waals surface area contributed by atoms with Gasteiger partial charge in [-0.3, -0.25) is 14.5 Å². The molecule has 3 fully saturated rings. The number of nitrogens with one attached hydrogen (secondary N) is 1. The number of rotatable bonds is 6. The second-order valence-electron chi connectivity index (χ2n) is 10.2. The summed E-state index contributed by atoms with van der Waals surface area (Å²) in [5.74, 6) is 0.907. The summed E-state index contributed by atoms with van der Waals surface area (Å²) in [6.07, 6.45) is 7.02. The molecule has 182 valence electrons. The van der Waals surface area contributed by atoms with Gasteiger partial charge >= 0.3 is 0 Å². The summed E-state index contributed by atoms with van der Waals surface area (Å²) in [4.78, 5) is 30.0.